The number of ketones is 2. The Labute approximate surface area is 179 Å². The lowest BCUT2D eigenvalue weighted by atomic mass is 10.0. The van der Waals surface area contributed by atoms with Crippen molar-refractivity contribution >= 4 is 40.6 Å². The van der Waals surface area contributed by atoms with Gasteiger partial charge in [0.15, 0.2) is 5.78 Å². The SMILES string of the molecule is O=S=Nc1ccc(C(=O)c2ccccc2)cc1N=CC(C(=O)C(F)(F)F)=C(O)C(F)(F)F. The summed E-state index contributed by atoms with van der Waals surface area (Å²) < 4.78 is 90.4. The van der Waals surface area contributed by atoms with Crippen LogP contribution in [-0.2, 0) is 16.3 Å². The van der Waals surface area contributed by atoms with E-state index in [1.165, 1.54) is 18.2 Å². The van der Waals surface area contributed by atoms with Gasteiger partial charge in [-0.1, -0.05) is 30.3 Å². The van der Waals surface area contributed by atoms with Gasteiger partial charge < -0.3 is 5.11 Å². The Hall–Kier alpha value is -3.61. The van der Waals surface area contributed by atoms with Crippen LogP contribution in [0.25, 0.3) is 0 Å². The number of Topliss-reactive ketones (excluding diaryl/α,β-unsaturated/α-hetero) is 1. The van der Waals surface area contributed by atoms with Crippen LogP contribution in [0.15, 0.2) is 69.2 Å². The highest BCUT2D eigenvalue weighted by Crippen LogP contribution is 2.32. The molecule has 2 aromatic carbocycles. The minimum absolute atomic E-state index is 0.0779. The van der Waals surface area contributed by atoms with Crippen LogP contribution in [0.2, 0.25) is 0 Å². The average Bonchev–Trinajstić information content (AvgIpc) is 2.73. The van der Waals surface area contributed by atoms with Gasteiger partial charge >= 0.3 is 12.4 Å². The van der Waals surface area contributed by atoms with E-state index in [-0.39, 0.29) is 34.5 Å². The zero-order chi connectivity index (χ0) is 24.1. The molecule has 13 heteroatoms. The van der Waals surface area contributed by atoms with E-state index in [4.69, 9.17) is 5.11 Å². The first kappa shape index (κ1) is 24.7. The molecule has 1 N–H and O–H groups in total. The van der Waals surface area contributed by atoms with Crippen LogP contribution in [-0.4, -0.2) is 39.4 Å². The summed E-state index contributed by atoms with van der Waals surface area (Å²) in [4.78, 5) is 27.3. The van der Waals surface area contributed by atoms with E-state index in [2.05, 4.69) is 9.36 Å². The number of carbonyl (C=O) groups is 2. The van der Waals surface area contributed by atoms with Gasteiger partial charge in [0.2, 0.25) is 17.2 Å². The fourth-order valence-electron chi connectivity index (χ4n) is 2.31. The molecule has 0 saturated carbocycles. The normalized spacial score (nSPS) is 12.9. The van der Waals surface area contributed by atoms with Gasteiger partial charge in [0.1, 0.15) is 5.69 Å². The summed E-state index contributed by atoms with van der Waals surface area (Å²) in [7, 11) is 0. The van der Waals surface area contributed by atoms with E-state index in [1.54, 1.807) is 18.2 Å². The standard InChI is InChI=1S/C19H10F6N2O4S/c20-18(21,22)16(29)12(17(30)19(23,24)25)9-26-14-8-11(6-7-13(14)27-32-31)15(28)10-4-2-1-3-5-10/h1-9,29H. The summed E-state index contributed by atoms with van der Waals surface area (Å²) in [6.45, 7) is 0. The molecule has 0 heterocycles. The number of aliphatic hydroxyl groups excluding tert-OH is 1. The number of rotatable bonds is 6. The molecule has 0 saturated heterocycles. The molecule has 0 aromatic heterocycles. The van der Waals surface area contributed by atoms with E-state index >= 15 is 0 Å². The van der Waals surface area contributed by atoms with E-state index < -0.39 is 40.9 Å². The van der Waals surface area contributed by atoms with Gasteiger partial charge in [-0.2, -0.15) is 34.9 Å². The molecule has 0 aliphatic carbocycles. The topological polar surface area (TPSA) is 96.2 Å². The maximum atomic E-state index is 12.7. The van der Waals surface area contributed by atoms with Gasteiger partial charge in [-0.3, -0.25) is 14.6 Å². The largest absolute Gasteiger partial charge is 0.504 e. The van der Waals surface area contributed by atoms with Gasteiger partial charge in [0.05, 0.1) is 11.3 Å². The molecular weight excluding hydrogens is 466 g/mol. The van der Waals surface area contributed by atoms with E-state index in [1.807, 2.05) is 0 Å². The predicted molar refractivity (Wildman–Crippen MR) is 101 cm³/mol. The maximum absolute atomic E-state index is 12.7. The highest BCUT2D eigenvalue weighted by atomic mass is 32.1. The Morgan fingerprint density at radius 1 is 0.875 bits per heavy atom. The highest BCUT2D eigenvalue weighted by molar-refractivity contribution is 7.54. The lowest BCUT2D eigenvalue weighted by Gasteiger charge is -2.11. The second-order valence-corrected chi connectivity index (χ2v) is 6.24. The van der Waals surface area contributed by atoms with E-state index in [0.717, 1.165) is 12.1 Å². The number of hydrogen-bond acceptors (Lipinski definition) is 6. The van der Waals surface area contributed by atoms with Crippen molar-refractivity contribution in [2.45, 2.75) is 12.4 Å². The fourth-order valence-corrected chi connectivity index (χ4v) is 2.54. The van der Waals surface area contributed by atoms with Crippen molar-refractivity contribution in [3.63, 3.8) is 0 Å². The third-order valence-corrected chi connectivity index (χ3v) is 4.04. The number of hydrogen-bond donors (Lipinski definition) is 1. The fraction of sp³-hybridized carbons (Fsp3) is 0.105. The Kier molecular flexibility index (Phi) is 7.46. The summed E-state index contributed by atoms with van der Waals surface area (Å²) >= 11 is -0.337. The lowest BCUT2D eigenvalue weighted by Crippen LogP contribution is -2.29. The molecule has 0 amide bonds. The molecule has 2 rings (SSSR count). The van der Waals surface area contributed by atoms with Crippen molar-refractivity contribution in [3.05, 3.63) is 71.0 Å². The zero-order valence-corrected chi connectivity index (χ0v) is 16.3. The maximum Gasteiger partial charge on any atom is 0.455 e. The van der Waals surface area contributed by atoms with Gasteiger partial charge in [0.25, 0.3) is 5.78 Å². The van der Waals surface area contributed by atoms with Gasteiger partial charge in [-0.15, -0.1) is 0 Å². The molecule has 0 aliphatic rings. The first-order valence-corrected chi connectivity index (χ1v) is 8.96. The molecule has 168 valence electrons. The number of nitrogens with zero attached hydrogens (tertiary/aromatic N) is 2. The van der Waals surface area contributed by atoms with Crippen LogP contribution in [0.5, 0.6) is 0 Å². The molecular formula is C19H10F6N2O4S. The van der Waals surface area contributed by atoms with Crippen molar-refractivity contribution in [1.29, 1.82) is 0 Å². The molecule has 0 unspecified atom stereocenters. The van der Waals surface area contributed by atoms with Crippen molar-refractivity contribution in [2.75, 3.05) is 0 Å². The minimum Gasteiger partial charge on any atom is -0.504 e. The summed E-state index contributed by atoms with van der Waals surface area (Å²) in [5, 5.41) is 9.13. The average molecular weight is 476 g/mol. The number of halogens is 6. The third-order valence-electron chi connectivity index (χ3n) is 3.77. The highest BCUT2D eigenvalue weighted by Gasteiger charge is 2.46. The first-order chi connectivity index (χ1) is 14.9. The number of aliphatic imine (C=N–C) groups is 1. The minimum atomic E-state index is -5.75. The van der Waals surface area contributed by atoms with Crippen LogP contribution in [0, 0.1) is 0 Å². The molecule has 0 aliphatic heterocycles. The van der Waals surface area contributed by atoms with Crippen LogP contribution in [0.4, 0.5) is 37.7 Å². The number of alkyl halides is 6. The van der Waals surface area contributed by atoms with Gasteiger partial charge in [-0.05, 0) is 18.2 Å². The number of carbonyl (C=O) groups excluding carboxylic acids is 2. The monoisotopic (exact) mass is 476 g/mol. The van der Waals surface area contributed by atoms with Crippen LogP contribution in [0.1, 0.15) is 15.9 Å². The molecule has 2 aromatic rings. The zero-order valence-electron chi connectivity index (χ0n) is 15.4. The molecule has 6 nitrogen and oxygen atoms in total. The number of benzene rings is 2. The Bertz CT molecular complexity index is 1150. The molecule has 0 fully saturated rings. The Morgan fingerprint density at radius 2 is 1.50 bits per heavy atom. The summed E-state index contributed by atoms with van der Waals surface area (Å²) in [6.07, 6.45) is -11.6. The Morgan fingerprint density at radius 3 is 2.03 bits per heavy atom. The van der Waals surface area contributed by atoms with Crippen molar-refractivity contribution in [3.8, 4) is 0 Å². The van der Waals surface area contributed by atoms with E-state index in [0.29, 0.717) is 0 Å². The van der Waals surface area contributed by atoms with Gasteiger partial charge in [0, 0.05) is 17.3 Å². The summed E-state index contributed by atoms with van der Waals surface area (Å²) in [5.74, 6) is -6.37. The molecule has 0 atom stereocenters. The lowest BCUT2D eigenvalue weighted by molar-refractivity contribution is -0.167. The van der Waals surface area contributed by atoms with Crippen LogP contribution >= 0.6 is 0 Å². The quantitative estimate of drug-likeness (QED) is 0.205. The van der Waals surface area contributed by atoms with Crippen molar-refractivity contribution < 1.29 is 45.2 Å². The number of allylic oxidation sites excluding steroid dienone is 2. The second kappa shape index (κ2) is 9.68. The predicted octanol–water partition coefficient (Wildman–Crippen LogP) is 5.15. The molecule has 32 heavy (non-hydrogen) atoms. The third kappa shape index (κ3) is 5.97. The molecule has 0 spiro atoms. The van der Waals surface area contributed by atoms with E-state index in [9.17, 15) is 40.1 Å². The number of aliphatic hydroxyl groups is 1. The smallest absolute Gasteiger partial charge is 0.455 e. The molecule has 0 radical (unpaired) electrons. The van der Waals surface area contributed by atoms with Crippen LogP contribution in [0.3, 0.4) is 0 Å². The first-order valence-electron chi connectivity index (χ1n) is 8.26. The van der Waals surface area contributed by atoms with Crippen molar-refractivity contribution in [1.82, 2.24) is 0 Å². The summed E-state index contributed by atoms with van der Waals surface area (Å²) in [6, 6.07) is 10.9. The van der Waals surface area contributed by atoms with Gasteiger partial charge in [-0.25, -0.2) is 0 Å². The summed E-state index contributed by atoms with van der Waals surface area (Å²) in [5.41, 5.74) is -2.82. The van der Waals surface area contributed by atoms with Crippen LogP contribution < -0.4 is 0 Å². The van der Waals surface area contributed by atoms with Crippen molar-refractivity contribution in [2.24, 2.45) is 9.36 Å². The molecule has 0 bridgehead atoms. The second-order valence-electron chi connectivity index (χ2n) is 5.91. The Balaban J connectivity index is 2.62.